The summed E-state index contributed by atoms with van der Waals surface area (Å²) in [5.74, 6) is 3.57. The first-order chi connectivity index (χ1) is 6.14. The lowest BCUT2D eigenvalue weighted by Gasteiger charge is -2.16. The molecule has 1 unspecified atom stereocenters. The summed E-state index contributed by atoms with van der Waals surface area (Å²) in [5, 5.41) is 11.5. The highest BCUT2D eigenvalue weighted by molar-refractivity contribution is 7.99. The van der Waals surface area contributed by atoms with Gasteiger partial charge in [0.25, 0.3) is 0 Å². The Morgan fingerprint density at radius 3 is 2.36 bits per heavy atom. The van der Waals surface area contributed by atoms with E-state index >= 15 is 0 Å². The van der Waals surface area contributed by atoms with Gasteiger partial charge in [-0.1, -0.05) is 0 Å². The lowest BCUT2D eigenvalue weighted by Crippen LogP contribution is -2.16. The topological polar surface area (TPSA) is 63.3 Å². The van der Waals surface area contributed by atoms with Crippen molar-refractivity contribution in [2.45, 2.75) is 24.3 Å². The van der Waals surface area contributed by atoms with E-state index in [2.05, 4.69) is 5.87 Å². The first-order valence-corrected chi connectivity index (χ1v) is 7.07. The Labute approximate surface area is 88.6 Å². The summed E-state index contributed by atoms with van der Waals surface area (Å²) < 4.78 is 11.7. The Morgan fingerprint density at radius 1 is 1.64 bits per heavy atom. The zero-order chi connectivity index (χ0) is 11.1. The predicted molar refractivity (Wildman–Crippen MR) is 63.4 cm³/mol. The van der Waals surface area contributed by atoms with E-state index < -0.39 is 15.1 Å². The fraction of sp³-hybridized carbons (Fsp3) is 0.444. The molecule has 0 aliphatic rings. The SMILES string of the molecule is C=S(C)(=O)c1csc(C(C)(C)O)c1N. The van der Waals surface area contributed by atoms with Crippen LogP contribution >= 0.6 is 11.3 Å². The minimum absolute atomic E-state index is 0.407. The number of hydrogen-bond acceptors (Lipinski definition) is 4. The van der Waals surface area contributed by atoms with E-state index in [1.807, 2.05) is 0 Å². The molecule has 3 N–H and O–H groups in total. The number of nitrogens with two attached hydrogens (primary N) is 1. The Morgan fingerprint density at radius 2 is 2.14 bits per heavy atom. The maximum atomic E-state index is 11.7. The molecule has 80 valence electrons. The van der Waals surface area contributed by atoms with Crippen LogP contribution in [0.3, 0.4) is 0 Å². The van der Waals surface area contributed by atoms with Gasteiger partial charge in [-0.2, -0.15) is 0 Å². The molecular weight excluding hydrogens is 218 g/mol. The van der Waals surface area contributed by atoms with Gasteiger partial charge in [-0.25, -0.2) is 0 Å². The molecule has 0 fully saturated rings. The van der Waals surface area contributed by atoms with Gasteiger partial charge in [0, 0.05) is 11.6 Å². The molecule has 5 heteroatoms. The van der Waals surface area contributed by atoms with E-state index in [4.69, 9.17) is 5.73 Å². The van der Waals surface area contributed by atoms with Crippen molar-refractivity contribution in [3.05, 3.63) is 10.3 Å². The molecule has 0 aromatic carbocycles. The Hall–Kier alpha value is -0.520. The van der Waals surface area contributed by atoms with Crippen molar-refractivity contribution in [2.24, 2.45) is 0 Å². The molecule has 3 nitrogen and oxygen atoms in total. The maximum Gasteiger partial charge on any atom is 0.0953 e. The van der Waals surface area contributed by atoms with E-state index in [1.54, 1.807) is 25.5 Å². The van der Waals surface area contributed by atoms with Crippen molar-refractivity contribution >= 4 is 32.4 Å². The smallest absolute Gasteiger partial charge is 0.0953 e. The Bertz CT molecular complexity index is 438. The van der Waals surface area contributed by atoms with Crippen LogP contribution in [0.5, 0.6) is 0 Å². The second kappa shape index (κ2) is 3.25. The van der Waals surface area contributed by atoms with Gasteiger partial charge in [0.05, 0.1) is 21.1 Å². The molecule has 0 aliphatic heterocycles. The molecule has 0 amide bonds. The predicted octanol–water partition coefficient (Wildman–Crippen LogP) is 1.26. The van der Waals surface area contributed by atoms with Crippen LogP contribution in [0.15, 0.2) is 10.3 Å². The first kappa shape index (κ1) is 11.6. The van der Waals surface area contributed by atoms with Crippen LogP contribution in [0.1, 0.15) is 18.7 Å². The summed E-state index contributed by atoms with van der Waals surface area (Å²) in [5.41, 5.74) is 5.23. The summed E-state index contributed by atoms with van der Waals surface area (Å²) in [6, 6.07) is 0. The summed E-state index contributed by atoms with van der Waals surface area (Å²) >= 11 is 1.32. The molecule has 0 bridgehead atoms. The van der Waals surface area contributed by atoms with Crippen molar-refractivity contribution in [1.82, 2.24) is 0 Å². The van der Waals surface area contributed by atoms with Crippen LogP contribution < -0.4 is 5.73 Å². The molecule has 1 aromatic heterocycles. The first-order valence-electron chi connectivity index (χ1n) is 4.06. The number of thiophene rings is 1. The van der Waals surface area contributed by atoms with E-state index in [0.717, 1.165) is 0 Å². The quantitative estimate of drug-likeness (QED) is 0.756. The summed E-state index contributed by atoms with van der Waals surface area (Å²) in [6.45, 7) is 3.30. The van der Waals surface area contributed by atoms with Crippen LogP contribution in [0, 0.1) is 0 Å². The molecule has 1 atom stereocenters. The zero-order valence-electron chi connectivity index (χ0n) is 8.53. The molecular formula is C9H15NO2S2. The van der Waals surface area contributed by atoms with Crippen LogP contribution in [-0.4, -0.2) is 21.4 Å². The van der Waals surface area contributed by atoms with E-state index in [9.17, 15) is 9.32 Å². The maximum absolute atomic E-state index is 11.7. The fourth-order valence-corrected chi connectivity index (χ4v) is 3.63. The van der Waals surface area contributed by atoms with Crippen molar-refractivity contribution in [3.63, 3.8) is 0 Å². The normalized spacial score (nSPS) is 16.6. The third kappa shape index (κ3) is 2.10. The van der Waals surface area contributed by atoms with Crippen LogP contribution in [0.2, 0.25) is 0 Å². The molecule has 0 spiro atoms. The minimum atomic E-state index is -2.30. The van der Waals surface area contributed by atoms with Crippen LogP contribution in [0.4, 0.5) is 5.69 Å². The number of anilines is 1. The second-order valence-electron chi connectivity index (χ2n) is 3.91. The van der Waals surface area contributed by atoms with Gasteiger partial charge in [-0.15, -0.1) is 11.3 Å². The van der Waals surface area contributed by atoms with Crippen molar-refractivity contribution in [2.75, 3.05) is 12.0 Å². The van der Waals surface area contributed by atoms with Gasteiger partial charge < -0.3 is 10.8 Å². The molecule has 1 aromatic rings. The van der Waals surface area contributed by atoms with Gasteiger partial charge in [-0.05, 0) is 29.2 Å². The second-order valence-corrected chi connectivity index (χ2v) is 7.24. The average Bonchev–Trinajstić information content (AvgIpc) is 2.26. The lowest BCUT2D eigenvalue weighted by atomic mass is 10.1. The van der Waals surface area contributed by atoms with Crippen molar-refractivity contribution < 1.29 is 9.32 Å². The molecule has 1 heterocycles. The monoisotopic (exact) mass is 233 g/mol. The summed E-state index contributed by atoms with van der Waals surface area (Å²) in [6.07, 6.45) is 1.54. The third-order valence-corrected chi connectivity index (χ3v) is 4.54. The highest BCUT2D eigenvalue weighted by Crippen LogP contribution is 2.36. The molecule has 0 aliphatic carbocycles. The van der Waals surface area contributed by atoms with Crippen molar-refractivity contribution in [1.29, 1.82) is 0 Å². The van der Waals surface area contributed by atoms with E-state index in [0.29, 0.717) is 15.5 Å². The molecule has 0 radical (unpaired) electrons. The molecule has 0 saturated heterocycles. The number of rotatable bonds is 2. The van der Waals surface area contributed by atoms with Gasteiger partial charge in [0.1, 0.15) is 0 Å². The van der Waals surface area contributed by atoms with Crippen molar-refractivity contribution in [3.8, 4) is 0 Å². The summed E-state index contributed by atoms with van der Waals surface area (Å²) in [7, 11) is -2.30. The van der Waals surface area contributed by atoms with Gasteiger partial charge >= 0.3 is 0 Å². The highest BCUT2D eigenvalue weighted by Gasteiger charge is 2.24. The zero-order valence-corrected chi connectivity index (χ0v) is 10.2. The number of aliphatic hydroxyl groups is 1. The minimum Gasteiger partial charge on any atom is -0.397 e. The Kier molecular flexibility index (Phi) is 2.69. The van der Waals surface area contributed by atoms with Crippen LogP contribution in [0.25, 0.3) is 0 Å². The number of nitrogen functional groups attached to an aromatic ring is 1. The molecule has 0 saturated carbocycles. The standard InChI is InChI=1S/C9H15NO2S2/c1-9(2,11)8-7(10)6(5-13-8)14(3,4)12/h5,11H,3,10H2,1-2,4H3. The van der Waals surface area contributed by atoms with E-state index in [1.165, 1.54) is 11.3 Å². The largest absolute Gasteiger partial charge is 0.397 e. The average molecular weight is 233 g/mol. The highest BCUT2D eigenvalue weighted by atomic mass is 32.2. The van der Waals surface area contributed by atoms with E-state index in [-0.39, 0.29) is 0 Å². The molecule has 1 rings (SSSR count). The van der Waals surface area contributed by atoms with Gasteiger partial charge in [0.15, 0.2) is 0 Å². The van der Waals surface area contributed by atoms with Gasteiger partial charge in [0.2, 0.25) is 0 Å². The molecule has 14 heavy (non-hydrogen) atoms. The summed E-state index contributed by atoms with van der Waals surface area (Å²) in [4.78, 5) is 1.19. The third-order valence-electron chi connectivity index (χ3n) is 1.81. The van der Waals surface area contributed by atoms with Gasteiger partial charge in [-0.3, -0.25) is 4.21 Å². The van der Waals surface area contributed by atoms with Crippen LogP contribution in [-0.2, 0) is 15.1 Å². The fourth-order valence-electron chi connectivity index (χ4n) is 1.16. The Balaban J connectivity index is 3.37. The lowest BCUT2D eigenvalue weighted by molar-refractivity contribution is 0.0832. The number of hydrogen-bond donors (Lipinski definition) is 2.